The average Bonchev–Trinajstić information content (AvgIpc) is 2.70. The highest BCUT2D eigenvalue weighted by atomic mass is 32.7. The summed E-state index contributed by atoms with van der Waals surface area (Å²) in [5, 5.41) is 4.81. The fourth-order valence-electron chi connectivity index (χ4n) is 1.62. The van der Waals surface area contributed by atoms with E-state index in [2.05, 4.69) is 24.0 Å². The van der Waals surface area contributed by atoms with Crippen molar-refractivity contribution in [3.63, 3.8) is 0 Å². The molecule has 0 aromatic rings. The molecule has 0 saturated carbocycles. The van der Waals surface area contributed by atoms with Crippen LogP contribution in [0.3, 0.4) is 0 Å². The number of oxime groups is 1. The lowest BCUT2D eigenvalue weighted by atomic mass is 10.1. The highest BCUT2D eigenvalue weighted by molar-refractivity contribution is 8.55. The summed E-state index contributed by atoms with van der Waals surface area (Å²) in [5.41, 5.74) is 0.897. The van der Waals surface area contributed by atoms with E-state index >= 15 is 0 Å². The van der Waals surface area contributed by atoms with E-state index in [0.29, 0.717) is 17.4 Å². The third kappa shape index (κ3) is 5.97. The van der Waals surface area contributed by atoms with E-state index in [4.69, 9.17) is 9.15 Å². The van der Waals surface area contributed by atoms with Crippen LogP contribution >= 0.6 is 29.9 Å². The van der Waals surface area contributed by atoms with Gasteiger partial charge in [0.15, 0.2) is 5.04 Å². The van der Waals surface area contributed by atoms with Crippen LogP contribution in [0.4, 0.5) is 0 Å². The second-order valence-electron chi connectivity index (χ2n) is 5.38. The van der Waals surface area contributed by atoms with Gasteiger partial charge in [0, 0.05) is 5.75 Å². The van der Waals surface area contributed by atoms with E-state index in [0.717, 1.165) is 12.1 Å². The average molecular weight is 352 g/mol. The first-order valence-electron chi connectivity index (χ1n) is 7.18. The quantitative estimate of drug-likeness (QED) is 0.445. The molecule has 8 heteroatoms. The molecule has 1 atom stereocenters. The van der Waals surface area contributed by atoms with Crippen molar-refractivity contribution < 1.29 is 13.7 Å². The van der Waals surface area contributed by atoms with Crippen LogP contribution in [-0.4, -0.2) is 28.0 Å². The summed E-state index contributed by atoms with van der Waals surface area (Å²) in [5.74, 6) is 0.961. The Morgan fingerprint density at radius 2 is 2.10 bits per heavy atom. The highest BCUT2D eigenvalue weighted by Crippen LogP contribution is 2.61. The molecule has 1 unspecified atom stereocenters. The van der Waals surface area contributed by atoms with Crippen molar-refractivity contribution in [2.45, 2.75) is 52.8 Å². The van der Waals surface area contributed by atoms with E-state index in [1.807, 2.05) is 20.8 Å². The number of thioether (sulfide) groups is 1. The van der Waals surface area contributed by atoms with Gasteiger partial charge >= 0.3 is 6.80 Å². The molecule has 1 rings (SSSR count). The monoisotopic (exact) mass is 352 g/mol. The first kappa shape index (κ1) is 19.1. The van der Waals surface area contributed by atoms with Crippen molar-refractivity contribution in [2.24, 2.45) is 16.1 Å². The maximum absolute atomic E-state index is 12.5. The summed E-state index contributed by atoms with van der Waals surface area (Å²) in [6.07, 6.45) is 0.905. The van der Waals surface area contributed by atoms with Gasteiger partial charge in [0.1, 0.15) is 4.87 Å². The van der Waals surface area contributed by atoms with E-state index in [1.165, 1.54) is 23.1 Å². The number of nitrogens with zero attached hydrogens (tertiary/aromatic N) is 2. The molecule has 5 nitrogen and oxygen atoms in total. The van der Waals surface area contributed by atoms with Crippen LogP contribution in [0.1, 0.15) is 48.0 Å². The van der Waals surface area contributed by atoms with Crippen LogP contribution in [0.5, 0.6) is 0 Å². The van der Waals surface area contributed by atoms with Gasteiger partial charge in [-0.2, -0.15) is 0 Å². The van der Waals surface area contributed by atoms with Crippen molar-refractivity contribution in [1.29, 1.82) is 0 Å². The van der Waals surface area contributed by atoms with Crippen LogP contribution in [-0.2, 0) is 13.7 Å². The van der Waals surface area contributed by atoms with Gasteiger partial charge in [0.25, 0.3) is 0 Å². The zero-order valence-electron chi connectivity index (χ0n) is 13.6. The molecule has 0 spiro atoms. The zero-order chi connectivity index (χ0) is 16.1. The molecule has 1 heterocycles. The SMILES string of the molecule is CCCSP(=O)(OCC)ON=C1SC(C)(C)N=C1C(C)C. The minimum atomic E-state index is -3.23. The molecule has 0 N–H and O–H groups in total. The number of hydrogen-bond donors (Lipinski definition) is 0. The lowest BCUT2D eigenvalue weighted by Crippen LogP contribution is -2.13. The molecule has 0 amide bonds. The standard InChI is InChI=1S/C13H25N2O3PS2/c1-7-9-20-19(16,17-8-2)18-15-12-11(10(3)4)14-13(5,6)21-12/h10H,7-9H2,1-6H3. The topological polar surface area (TPSA) is 60.2 Å². The summed E-state index contributed by atoms with van der Waals surface area (Å²) in [6.45, 7) is 9.10. The van der Waals surface area contributed by atoms with Crippen LogP contribution in [0.25, 0.3) is 0 Å². The van der Waals surface area contributed by atoms with Gasteiger partial charge < -0.3 is 4.62 Å². The predicted octanol–water partition coefficient (Wildman–Crippen LogP) is 5.18. The molecule has 0 bridgehead atoms. The molecule has 0 saturated heterocycles. The van der Waals surface area contributed by atoms with Crippen LogP contribution in [0.2, 0.25) is 0 Å². The van der Waals surface area contributed by atoms with Gasteiger partial charge in [-0.25, -0.2) is 4.57 Å². The fourth-order valence-corrected chi connectivity index (χ4v) is 5.83. The zero-order valence-corrected chi connectivity index (χ0v) is 16.1. The summed E-state index contributed by atoms with van der Waals surface area (Å²) in [6, 6.07) is 0. The van der Waals surface area contributed by atoms with Gasteiger partial charge in [-0.1, -0.05) is 37.7 Å². The smallest absolute Gasteiger partial charge is 0.304 e. The molecule has 1 aliphatic heterocycles. The molecule has 0 fully saturated rings. The Bertz CT molecular complexity index is 464. The molecule has 0 aliphatic carbocycles. The van der Waals surface area contributed by atoms with Crippen molar-refractivity contribution >= 4 is 40.7 Å². The minimum absolute atomic E-state index is 0.247. The molecular weight excluding hydrogens is 327 g/mol. The normalized spacial score (nSPS) is 22.4. The van der Waals surface area contributed by atoms with Gasteiger partial charge in [-0.3, -0.25) is 9.52 Å². The Kier molecular flexibility index (Phi) is 7.31. The first-order valence-corrected chi connectivity index (χ1v) is 11.1. The molecule has 0 radical (unpaired) electrons. The summed E-state index contributed by atoms with van der Waals surface area (Å²) < 4.78 is 23.1. The van der Waals surface area contributed by atoms with Crippen LogP contribution in [0, 0.1) is 5.92 Å². The number of hydrogen-bond acceptors (Lipinski definition) is 7. The highest BCUT2D eigenvalue weighted by Gasteiger charge is 2.34. The second kappa shape index (κ2) is 8.04. The van der Waals surface area contributed by atoms with Crippen LogP contribution in [0.15, 0.2) is 10.1 Å². The lowest BCUT2D eigenvalue weighted by Gasteiger charge is -2.14. The number of rotatable bonds is 8. The molecule has 21 heavy (non-hydrogen) atoms. The van der Waals surface area contributed by atoms with Crippen molar-refractivity contribution in [2.75, 3.05) is 12.4 Å². The van der Waals surface area contributed by atoms with E-state index < -0.39 is 6.80 Å². The molecular formula is C13H25N2O3PS2. The van der Waals surface area contributed by atoms with E-state index in [9.17, 15) is 4.57 Å². The molecule has 0 aromatic heterocycles. The molecule has 0 aromatic carbocycles. The number of aliphatic imine (C=N–C) groups is 1. The minimum Gasteiger partial charge on any atom is -0.304 e. The lowest BCUT2D eigenvalue weighted by molar-refractivity contribution is 0.237. The maximum atomic E-state index is 12.5. The Balaban J connectivity index is 2.86. The Morgan fingerprint density at radius 3 is 2.62 bits per heavy atom. The summed E-state index contributed by atoms with van der Waals surface area (Å²) in [7, 11) is 0. The molecule has 1 aliphatic rings. The van der Waals surface area contributed by atoms with E-state index in [-0.39, 0.29) is 10.8 Å². The Hall–Kier alpha value is 0.0300. The largest absolute Gasteiger partial charge is 0.459 e. The molecule has 122 valence electrons. The first-order chi connectivity index (χ1) is 9.73. The van der Waals surface area contributed by atoms with Crippen molar-refractivity contribution in [3.05, 3.63) is 0 Å². The van der Waals surface area contributed by atoms with Crippen LogP contribution < -0.4 is 0 Å². The Labute approximate surface area is 136 Å². The van der Waals surface area contributed by atoms with Crippen molar-refractivity contribution in [3.8, 4) is 0 Å². The van der Waals surface area contributed by atoms with Crippen molar-refractivity contribution in [1.82, 2.24) is 0 Å². The maximum Gasteiger partial charge on any atom is 0.459 e. The van der Waals surface area contributed by atoms with E-state index in [1.54, 1.807) is 6.92 Å². The Morgan fingerprint density at radius 1 is 1.43 bits per heavy atom. The second-order valence-corrected chi connectivity index (χ2v) is 11.1. The van der Waals surface area contributed by atoms with Gasteiger partial charge in [-0.15, -0.1) is 0 Å². The summed E-state index contributed by atoms with van der Waals surface area (Å²) in [4.78, 5) is 4.39. The fraction of sp³-hybridized carbons (Fsp3) is 0.846. The van der Waals surface area contributed by atoms with Gasteiger partial charge in [0.05, 0.1) is 12.3 Å². The third-order valence-electron chi connectivity index (χ3n) is 2.47. The van der Waals surface area contributed by atoms with Gasteiger partial charge in [-0.05, 0) is 44.5 Å². The predicted molar refractivity (Wildman–Crippen MR) is 94.4 cm³/mol. The summed E-state index contributed by atoms with van der Waals surface area (Å²) >= 11 is 2.72. The van der Waals surface area contributed by atoms with Gasteiger partial charge in [0.2, 0.25) is 0 Å². The third-order valence-corrected chi connectivity index (χ3v) is 7.31.